The van der Waals surface area contributed by atoms with Crippen LogP contribution in [0.3, 0.4) is 0 Å². The minimum absolute atomic E-state index is 0. The van der Waals surface area contributed by atoms with Crippen LogP contribution < -0.4 is 0 Å². The Morgan fingerprint density at radius 1 is 1.33 bits per heavy atom. The zero-order chi connectivity index (χ0) is 6.41. The zero-order valence-corrected chi connectivity index (χ0v) is 6.23. The van der Waals surface area contributed by atoms with Gasteiger partial charge in [-0.1, -0.05) is 24.3 Å². The van der Waals surface area contributed by atoms with E-state index < -0.39 is 0 Å². The fraction of sp³-hybridized carbons (Fsp3) is 0.429. The van der Waals surface area contributed by atoms with E-state index in [2.05, 4.69) is 12.6 Å². The second-order valence-electron chi connectivity index (χ2n) is 1.65. The van der Waals surface area contributed by atoms with Crippen LogP contribution in [0.25, 0.3) is 0 Å². The van der Waals surface area contributed by atoms with Gasteiger partial charge < -0.3 is 0 Å². The molecule has 0 N–H and O–H groups in total. The SMILES string of the molecule is CC=CC=CC(C)S.[BaH2]. The predicted molar refractivity (Wildman–Crippen MR) is 50.9 cm³/mol. The maximum atomic E-state index is 4.15. The van der Waals surface area contributed by atoms with Gasteiger partial charge in [-0.3, -0.25) is 0 Å². The summed E-state index contributed by atoms with van der Waals surface area (Å²) in [6.07, 6.45) is 8.01. The van der Waals surface area contributed by atoms with E-state index in [9.17, 15) is 0 Å². The molecule has 1 atom stereocenters. The molecule has 0 heterocycles. The van der Waals surface area contributed by atoms with E-state index in [4.69, 9.17) is 0 Å². The van der Waals surface area contributed by atoms with Gasteiger partial charge in [0, 0.05) is 5.25 Å². The number of allylic oxidation sites excluding steroid dienone is 3. The number of hydrogen-bond acceptors (Lipinski definition) is 1. The van der Waals surface area contributed by atoms with E-state index >= 15 is 0 Å². The van der Waals surface area contributed by atoms with Crippen LogP contribution in [-0.4, -0.2) is 54.1 Å². The summed E-state index contributed by atoms with van der Waals surface area (Å²) >= 11 is 4.15. The molecule has 0 aliphatic rings. The summed E-state index contributed by atoms with van der Waals surface area (Å²) in [7, 11) is 0. The zero-order valence-electron chi connectivity index (χ0n) is 5.33. The average Bonchev–Trinajstić information content (AvgIpc) is 1.66. The summed E-state index contributed by atoms with van der Waals surface area (Å²) in [5, 5.41) is 0.367. The van der Waals surface area contributed by atoms with Crippen molar-refractivity contribution in [1.29, 1.82) is 0 Å². The van der Waals surface area contributed by atoms with Gasteiger partial charge in [0.1, 0.15) is 0 Å². The van der Waals surface area contributed by atoms with Gasteiger partial charge in [-0.05, 0) is 13.8 Å². The van der Waals surface area contributed by atoms with Gasteiger partial charge in [-0.2, -0.15) is 12.6 Å². The van der Waals surface area contributed by atoms with Crippen LogP contribution in [0.2, 0.25) is 0 Å². The number of hydrogen-bond donors (Lipinski definition) is 1. The van der Waals surface area contributed by atoms with E-state index in [-0.39, 0.29) is 48.9 Å². The van der Waals surface area contributed by atoms with Crippen LogP contribution in [0, 0.1) is 0 Å². The second kappa shape index (κ2) is 9.40. The van der Waals surface area contributed by atoms with Gasteiger partial charge in [-0.25, -0.2) is 0 Å². The molecule has 0 radical (unpaired) electrons. The van der Waals surface area contributed by atoms with Crippen LogP contribution >= 0.6 is 12.6 Å². The Morgan fingerprint density at radius 3 is 2.22 bits per heavy atom. The first-order chi connectivity index (χ1) is 3.77. The Hall–Kier alpha value is 1.40. The van der Waals surface area contributed by atoms with Crippen molar-refractivity contribution in [2.75, 3.05) is 0 Å². The molecule has 0 nitrogen and oxygen atoms in total. The monoisotopic (exact) mass is 268 g/mol. The predicted octanol–water partition coefficient (Wildman–Crippen LogP) is 1.52. The summed E-state index contributed by atoms with van der Waals surface area (Å²) in [5.74, 6) is 0. The molecule has 0 aliphatic heterocycles. The fourth-order valence-electron chi connectivity index (χ4n) is 0.336. The van der Waals surface area contributed by atoms with Crippen LogP contribution in [0.5, 0.6) is 0 Å². The van der Waals surface area contributed by atoms with E-state index in [1.54, 1.807) is 0 Å². The fourth-order valence-corrected chi connectivity index (χ4v) is 0.435. The molecular formula is C7H14BaS. The molecule has 0 saturated heterocycles. The third-order valence-corrected chi connectivity index (χ3v) is 0.865. The molecule has 1 unspecified atom stereocenters. The molecule has 50 valence electrons. The van der Waals surface area contributed by atoms with E-state index in [0.29, 0.717) is 5.25 Å². The maximum absolute atomic E-state index is 4.15. The third kappa shape index (κ3) is 12.6. The molecule has 2 heteroatoms. The molecule has 0 aliphatic carbocycles. The molecule has 0 spiro atoms. The van der Waals surface area contributed by atoms with E-state index in [1.165, 1.54) is 0 Å². The van der Waals surface area contributed by atoms with Crippen LogP contribution in [-0.2, 0) is 0 Å². The summed E-state index contributed by atoms with van der Waals surface area (Å²) in [5.41, 5.74) is 0. The van der Waals surface area contributed by atoms with Gasteiger partial charge in [0.25, 0.3) is 0 Å². The minimum atomic E-state index is 0. The Labute approximate surface area is 103 Å². The van der Waals surface area contributed by atoms with E-state index in [1.807, 2.05) is 38.2 Å². The first kappa shape index (κ1) is 13.0. The molecule has 0 bridgehead atoms. The first-order valence-corrected chi connectivity index (χ1v) is 3.26. The number of thiol groups is 1. The molecule has 9 heavy (non-hydrogen) atoms. The van der Waals surface area contributed by atoms with Crippen molar-refractivity contribution in [1.82, 2.24) is 0 Å². The summed E-state index contributed by atoms with van der Waals surface area (Å²) in [6.45, 7) is 4.02. The Morgan fingerprint density at radius 2 is 1.89 bits per heavy atom. The molecule has 0 aromatic heterocycles. The topological polar surface area (TPSA) is 0 Å². The molecular weight excluding hydrogens is 253 g/mol. The molecule has 0 rings (SSSR count). The summed E-state index contributed by atoms with van der Waals surface area (Å²) in [6, 6.07) is 0. The van der Waals surface area contributed by atoms with Crippen molar-refractivity contribution < 1.29 is 0 Å². The molecule has 0 saturated carbocycles. The van der Waals surface area contributed by atoms with Gasteiger partial charge >= 0.3 is 48.9 Å². The van der Waals surface area contributed by atoms with Gasteiger partial charge in [-0.15, -0.1) is 0 Å². The first-order valence-electron chi connectivity index (χ1n) is 2.75. The quantitative estimate of drug-likeness (QED) is 0.438. The van der Waals surface area contributed by atoms with Crippen molar-refractivity contribution in [2.45, 2.75) is 19.1 Å². The van der Waals surface area contributed by atoms with Gasteiger partial charge in [0.15, 0.2) is 0 Å². The third-order valence-electron chi connectivity index (χ3n) is 0.693. The molecule has 0 fully saturated rings. The Bertz CT molecular complexity index is 95.1. The molecule has 0 aromatic carbocycles. The van der Waals surface area contributed by atoms with Gasteiger partial charge in [0.05, 0.1) is 0 Å². The van der Waals surface area contributed by atoms with Crippen molar-refractivity contribution >= 4 is 61.5 Å². The number of rotatable bonds is 2. The van der Waals surface area contributed by atoms with Crippen molar-refractivity contribution in [3.05, 3.63) is 24.3 Å². The standard InChI is InChI=1S/C7H12S.Ba.2H/c1-3-4-5-6-7(2)8;;;/h3-8H,1-2H3;;;. The van der Waals surface area contributed by atoms with Crippen molar-refractivity contribution in [3.8, 4) is 0 Å². The Balaban J connectivity index is 0. The van der Waals surface area contributed by atoms with Crippen molar-refractivity contribution in [2.24, 2.45) is 0 Å². The second-order valence-corrected chi connectivity index (χ2v) is 2.47. The normalized spacial score (nSPS) is 14.1. The molecule has 0 aromatic rings. The van der Waals surface area contributed by atoms with Gasteiger partial charge in [0.2, 0.25) is 0 Å². The summed E-state index contributed by atoms with van der Waals surface area (Å²) < 4.78 is 0. The van der Waals surface area contributed by atoms with Crippen LogP contribution in [0.1, 0.15) is 13.8 Å². The molecule has 0 amide bonds. The summed E-state index contributed by atoms with van der Waals surface area (Å²) in [4.78, 5) is 0. The average molecular weight is 268 g/mol. The van der Waals surface area contributed by atoms with Crippen LogP contribution in [0.15, 0.2) is 24.3 Å². The van der Waals surface area contributed by atoms with Crippen LogP contribution in [0.4, 0.5) is 0 Å². The van der Waals surface area contributed by atoms with E-state index in [0.717, 1.165) is 0 Å². The Kier molecular flexibility index (Phi) is 13.6. The van der Waals surface area contributed by atoms with Crippen molar-refractivity contribution in [3.63, 3.8) is 0 Å².